The highest BCUT2D eigenvalue weighted by atomic mass is 79.9. The van der Waals surface area contributed by atoms with Crippen LogP contribution in [0.3, 0.4) is 0 Å². The highest BCUT2D eigenvalue weighted by Gasteiger charge is 2.22. The molecule has 0 fully saturated rings. The van der Waals surface area contributed by atoms with Crippen LogP contribution >= 0.6 is 27.5 Å². The average Bonchev–Trinajstić information content (AvgIpc) is 1.97. The van der Waals surface area contributed by atoms with Crippen LogP contribution in [0.25, 0.3) is 0 Å². The van der Waals surface area contributed by atoms with E-state index in [-0.39, 0.29) is 9.63 Å². The summed E-state index contributed by atoms with van der Waals surface area (Å²) in [6, 6.07) is 0. The van der Waals surface area contributed by atoms with Gasteiger partial charge in [-0.05, 0) is 15.9 Å². The molecule has 7 heteroatoms. The minimum absolute atomic E-state index is 0.138. The molecule has 0 saturated heterocycles. The molecule has 0 aliphatic carbocycles. The lowest BCUT2D eigenvalue weighted by atomic mass is 10.4. The lowest BCUT2D eigenvalue weighted by Gasteiger charge is -1.98. The summed E-state index contributed by atoms with van der Waals surface area (Å²) in [5.74, 6) is -0.514. The molecular weight excluding hydrogens is 251 g/mol. The van der Waals surface area contributed by atoms with E-state index in [9.17, 15) is 10.1 Å². The Kier molecular flexibility index (Phi) is 2.49. The van der Waals surface area contributed by atoms with Gasteiger partial charge in [-0.3, -0.25) is 10.1 Å². The number of halogens is 2. The van der Waals surface area contributed by atoms with Crippen LogP contribution in [-0.2, 0) is 0 Å². The number of aromatic nitrogens is 1. The maximum atomic E-state index is 10.3. The molecule has 1 N–H and O–H groups in total. The van der Waals surface area contributed by atoms with Crippen molar-refractivity contribution in [2.75, 3.05) is 0 Å². The van der Waals surface area contributed by atoms with Gasteiger partial charge in [0.05, 0.1) is 9.40 Å². The third-order valence-electron chi connectivity index (χ3n) is 1.12. The first-order valence-electron chi connectivity index (χ1n) is 2.71. The highest BCUT2D eigenvalue weighted by molar-refractivity contribution is 9.10. The molecule has 0 unspecified atom stereocenters. The summed E-state index contributed by atoms with van der Waals surface area (Å²) in [7, 11) is 0. The fourth-order valence-corrected chi connectivity index (χ4v) is 1.11. The van der Waals surface area contributed by atoms with Gasteiger partial charge >= 0.3 is 5.69 Å². The van der Waals surface area contributed by atoms with E-state index >= 15 is 0 Å². The number of aromatic hydroxyl groups is 1. The second-order valence-electron chi connectivity index (χ2n) is 1.85. The lowest BCUT2D eigenvalue weighted by Crippen LogP contribution is -1.92. The SMILES string of the molecule is O=[N+]([O-])c1c(Cl)ncc(Br)c1O. The van der Waals surface area contributed by atoms with Crippen molar-refractivity contribution in [2.24, 2.45) is 0 Å². The molecule has 1 rings (SSSR count). The first-order chi connectivity index (χ1) is 5.54. The third kappa shape index (κ3) is 1.49. The molecule has 0 amide bonds. The molecule has 0 spiro atoms. The van der Waals surface area contributed by atoms with Crippen LogP contribution < -0.4 is 0 Å². The quantitative estimate of drug-likeness (QED) is 0.472. The summed E-state index contributed by atoms with van der Waals surface area (Å²) in [5, 5.41) is 19.1. The van der Waals surface area contributed by atoms with Gasteiger partial charge in [0.2, 0.25) is 10.9 Å². The fourth-order valence-electron chi connectivity index (χ4n) is 0.608. The number of hydrogen-bond donors (Lipinski definition) is 1. The van der Waals surface area contributed by atoms with Crippen molar-refractivity contribution in [1.29, 1.82) is 0 Å². The number of rotatable bonds is 1. The zero-order valence-electron chi connectivity index (χ0n) is 5.49. The van der Waals surface area contributed by atoms with E-state index in [0.29, 0.717) is 0 Å². The Bertz CT molecular complexity index is 344. The second-order valence-corrected chi connectivity index (χ2v) is 3.06. The van der Waals surface area contributed by atoms with E-state index < -0.39 is 16.4 Å². The van der Waals surface area contributed by atoms with Gasteiger partial charge in [-0.25, -0.2) is 4.98 Å². The van der Waals surface area contributed by atoms with Crippen molar-refractivity contribution in [3.63, 3.8) is 0 Å². The van der Waals surface area contributed by atoms with E-state index in [4.69, 9.17) is 16.7 Å². The molecule has 1 aromatic rings. The van der Waals surface area contributed by atoms with Crippen LogP contribution in [0, 0.1) is 10.1 Å². The predicted octanol–water partition coefficient (Wildman–Crippen LogP) is 2.11. The Labute approximate surface area is 80.3 Å². The van der Waals surface area contributed by atoms with Crippen LogP contribution in [0.2, 0.25) is 5.15 Å². The summed E-state index contributed by atoms with van der Waals surface area (Å²) < 4.78 is 0.138. The van der Waals surface area contributed by atoms with Crippen LogP contribution in [0.15, 0.2) is 10.7 Å². The molecule has 12 heavy (non-hydrogen) atoms. The van der Waals surface area contributed by atoms with Gasteiger partial charge in [0.1, 0.15) is 0 Å². The summed E-state index contributed by atoms with van der Waals surface area (Å²) in [6.07, 6.45) is 1.19. The molecule has 64 valence electrons. The molecule has 0 aromatic carbocycles. The van der Waals surface area contributed by atoms with Crippen LogP contribution in [0.5, 0.6) is 5.75 Å². The Hall–Kier alpha value is -0.880. The van der Waals surface area contributed by atoms with E-state index in [1.165, 1.54) is 6.20 Å². The molecule has 0 bridgehead atoms. The van der Waals surface area contributed by atoms with Gasteiger partial charge in [0.15, 0.2) is 0 Å². The van der Waals surface area contributed by atoms with E-state index in [2.05, 4.69) is 20.9 Å². The van der Waals surface area contributed by atoms with Crippen LogP contribution in [-0.4, -0.2) is 15.0 Å². The normalized spacial score (nSPS) is 9.83. The number of nitrogens with zero attached hydrogens (tertiary/aromatic N) is 2. The van der Waals surface area contributed by atoms with Gasteiger partial charge in [-0.1, -0.05) is 11.6 Å². The summed E-state index contributed by atoms with van der Waals surface area (Å²) in [6.45, 7) is 0. The van der Waals surface area contributed by atoms with Crippen molar-refractivity contribution in [3.05, 3.63) is 25.9 Å². The molecule has 0 aliphatic rings. The molecule has 1 heterocycles. The largest absolute Gasteiger partial charge is 0.501 e. The molecule has 0 aliphatic heterocycles. The maximum absolute atomic E-state index is 10.3. The van der Waals surface area contributed by atoms with Crippen molar-refractivity contribution in [2.45, 2.75) is 0 Å². The van der Waals surface area contributed by atoms with Crippen LogP contribution in [0.4, 0.5) is 5.69 Å². The summed E-state index contributed by atoms with van der Waals surface area (Å²) in [4.78, 5) is 13.0. The minimum Gasteiger partial charge on any atom is -0.501 e. The molecule has 0 atom stereocenters. The van der Waals surface area contributed by atoms with Crippen molar-refractivity contribution in [3.8, 4) is 5.75 Å². The average molecular weight is 253 g/mol. The van der Waals surface area contributed by atoms with Gasteiger partial charge in [-0.15, -0.1) is 0 Å². The molecule has 1 aromatic heterocycles. The Morgan fingerprint density at radius 3 is 2.75 bits per heavy atom. The van der Waals surface area contributed by atoms with Gasteiger partial charge in [0.25, 0.3) is 0 Å². The number of hydrogen-bond acceptors (Lipinski definition) is 4. The molecular formula is C5H2BrClN2O3. The van der Waals surface area contributed by atoms with Crippen LogP contribution in [0.1, 0.15) is 0 Å². The van der Waals surface area contributed by atoms with Gasteiger partial charge in [0, 0.05) is 6.20 Å². The maximum Gasteiger partial charge on any atom is 0.348 e. The van der Waals surface area contributed by atoms with Gasteiger partial charge in [-0.2, -0.15) is 0 Å². The number of pyridine rings is 1. The van der Waals surface area contributed by atoms with Crippen molar-refractivity contribution in [1.82, 2.24) is 4.98 Å². The van der Waals surface area contributed by atoms with Crippen molar-refractivity contribution < 1.29 is 10.0 Å². The highest BCUT2D eigenvalue weighted by Crippen LogP contribution is 2.37. The number of nitro groups is 1. The molecule has 0 saturated carbocycles. The lowest BCUT2D eigenvalue weighted by molar-refractivity contribution is -0.386. The molecule has 5 nitrogen and oxygen atoms in total. The van der Waals surface area contributed by atoms with E-state index in [0.717, 1.165) is 0 Å². The monoisotopic (exact) mass is 252 g/mol. The van der Waals surface area contributed by atoms with Gasteiger partial charge < -0.3 is 5.11 Å². The Morgan fingerprint density at radius 1 is 1.75 bits per heavy atom. The standard InChI is InChI=1S/C5H2BrClN2O3/c6-2-1-8-5(7)3(4(2)10)9(11)12/h1H,(H,8,10). The zero-order valence-corrected chi connectivity index (χ0v) is 7.83. The Balaban J connectivity index is 3.43. The predicted molar refractivity (Wildman–Crippen MR) is 45.3 cm³/mol. The van der Waals surface area contributed by atoms with E-state index in [1.807, 2.05) is 0 Å². The van der Waals surface area contributed by atoms with E-state index in [1.54, 1.807) is 0 Å². The topological polar surface area (TPSA) is 76.3 Å². The van der Waals surface area contributed by atoms with Crippen molar-refractivity contribution >= 4 is 33.2 Å². The summed E-state index contributed by atoms with van der Waals surface area (Å²) >= 11 is 8.24. The molecule has 0 radical (unpaired) electrons. The Morgan fingerprint density at radius 2 is 2.33 bits per heavy atom. The fraction of sp³-hybridized carbons (Fsp3) is 0. The third-order valence-corrected chi connectivity index (χ3v) is 1.98. The zero-order chi connectivity index (χ0) is 9.30. The second kappa shape index (κ2) is 3.24. The minimum atomic E-state index is -0.796. The first kappa shape index (κ1) is 9.21. The smallest absolute Gasteiger partial charge is 0.348 e. The summed E-state index contributed by atoms with van der Waals surface area (Å²) in [5.41, 5.74) is -0.592. The first-order valence-corrected chi connectivity index (χ1v) is 3.88.